The summed E-state index contributed by atoms with van der Waals surface area (Å²) in [5, 5.41) is 0.892. The summed E-state index contributed by atoms with van der Waals surface area (Å²) in [6.07, 6.45) is 1.43. The Morgan fingerprint density at radius 1 is 1.28 bits per heavy atom. The normalized spacial score (nSPS) is 16.0. The van der Waals surface area contributed by atoms with E-state index in [2.05, 4.69) is 9.97 Å². The molecule has 0 unspecified atom stereocenters. The van der Waals surface area contributed by atoms with Gasteiger partial charge in [-0.05, 0) is 19.4 Å². The molecule has 1 aliphatic heterocycles. The SMILES string of the molecule is Cc1sc2ncnc(N3CC(=O)CC3=O)c2c1C. The van der Waals surface area contributed by atoms with Crippen LogP contribution < -0.4 is 4.90 Å². The van der Waals surface area contributed by atoms with Gasteiger partial charge in [0.05, 0.1) is 18.4 Å². The number of hydrogen-bond donors (Lipinski definition) is 0. The molecule has 3 heterocycles. The molecular weight excluding hydrogens is 250 g/mol. The number of hydrogen-bond acceptors (Lipinski definition) is 5. The van der Waals surface area contributed by atoms with Crippen LogP contribution in [0, 0.1) is 13.8 Å². The van der Waals surface area contributed by atoms with Crippen molar-refractivity contribution in [3.05, 3.63) is 16.8 Å². The molecule has 2 aromatic rings. The van der Waals surface area contributed by atoms with E-state index in [9.17, 15) is 9.59 Å². The minimum absolute atomic E-state index is 0.0202. The van der Waals surface area contributed by atoms with Crippen molar-refractivity contribution in [2.24, 2.45) is 0 Å². The van der Waals surface area contributed by atoms with E-state index >= 15 is 0 Å². The number of amides is 1. The maximum absolute atomic E-state index is 11.8. The van der Waals surface area contributed by atoms with Gasteiger partial charge in [0.25, 0.3) is 0 Å². The number of aromatic nitrogens is 2. The van der Waals surface area contributed by atoms with Gasteiger partial charge in [-0.1, -0.05) is 0 Å². The number of aryl methyl sites for hydroxylation is 2. The largest absolute Gasteiger partial charge is 0.297 e. The van der Waals surface area contributed by atoms with Crippen molar-refractivity contribution < 1.29 is 9.59 Å². The maximum atomic E-state index is 11.8. The number of carbonyl (C=O) groups excluding carboxylic acids is 2. The Hall–Kier alpha value is -1.82. The topological polar surface area (TPSA) is 63.2 Å². The average Bonchev–Trinajstić information content (AvgIpc) is 2.80. The number of Topliss-reactive ketones (excluding diaryl/α,β-unsaturated/α-hetero) is 1. The fourth-order valence-corrected chi connectivity index (χ4v) is 3.14. The average molecular weight is 261 g/mol. The lowest BCUT2D eigenvalue weighted by molar-refractivity contribution is -0.121. The molecule has 6 heteroatoms. The number of ketones is 1. The van der Waals surface area contributed by atoms with E-state index in [0.29, 0.717) is 5.82 Å². The van der Waals surface area contributed by atoms with Crippen LogP contribution in [-0.2, 0) is 9.59 Å². The molecule has 0 bridgehead atoms. The summed E-state index contributed by atoms with van der Waals surface area (Å²) in [6, 6.07) is 0. The molecule has 1 aliphatic rings. The molecule has 0 atom stereocenters. The summed E-state index contributed by atoms with van der Waals surface area (Å²) in [5.74, 6) is 0.331. The number of fused-ring (bicyclic) bond motifs is 1. The number of nitrogens with zero attached hydrogens (tertiary/aromatic N) is 3. The standard InChI is InChI=1S/C12H11N3O2S/c1-6-7(2)18-12-10(6)11(13-5-14-12)15-4-8(16)3-9(15)17/h5H,3-4H2,1-2H3. The monoisotopic (exact) mass is 261 g/mol. The van der Waals surface area contributed by atoms with E-state index in [1.165, 1.54) is 11.2 Å². The third-order valence-electron chi connectivity index (χ3n) is 3.18. The Morgan fingerprint density at radius 3 is 2.72 bits per heavy atom. The third-order valence-corrected chi connectivity index (χ3v) is 4.30. The second kappa shape index (κ2) is 3.84. The zero-order valence-corrected chi connectivity index (χ0v) is 10.9. The highest BCUT2D eigenvalue weighted by molar-refractivity contribution is 7.18. The van der Waals surface area contributed by atoms with Gasteiger partial charge in [-0.15, -0.1) is 11.3 Å². The van der Waals surface area contributed by atoms with Gasteiger partial charge >= 0.3 is 0 Å². The molecule has 0 radical (unpaired) electrons. The Bertz CT molecular complexity index is 677. The van der Waals surface area contributed by atoms with E-state index in [1.807, 2.05) is 13.8 Å². The van der Waals surface area contributed by atoms with E-state index in [-0.39, 0.29) is 24.7 Å². The predicted octanol–water partition coefficient (Wildman–Crippen LogP) is 1.61. The van der Waals surface area contributed by atoms with Crippen molar-refractivity contribution in [3.8, 4) is 0 Å². The van der Waals surface area contributed by atoms with Gasteiger partial charge in [0.15, 0.2) is 5.78 Å². The van der Waals surface area contributed by atoms with Crippen LogP contribution in [0.25, 0.3) is 10.2 Å². The molecule has 18 heavy (non-hydrogen) atoms. The summed E-state index contributed by atoms with van der Waals surface area (Å²) >= 11 is 1.58. The predicted molar refractivity (Wildman–Crippen MR) is 68.9 cm³/mol. The molecule has 1 saturated heterocycles. The Labute approximate surface area is 107 Å². The van der Waals surface area contributed by atoms with Gasteiger partial charge < -0.3 is 0 Å². The van der Waals surface area contributed by atoms with Gasteiger partial charge in [0.1, 0.15) is 17.0 Å². The van der Waals surface area contributed by atoms with Crippen LogP contribution in [-0.4, -0.2) is 28.2 Å². The van der Waals surface area contributed by atoms with Crippen LogP contribution in [0.2, 0.25) is 0 Å². The van der Waals surface area contributed by atoms with Crippen molar-refractivity contribution >= 4 is 39.1 Å². The van der Waals surface area contributed by atoms with E-state index < -0.39 is 0 Å². The summed E-state index contributed by atoms with van der Waals surface area (Å²) < 4.78 is 0. The summed E-state index contributed by atoms with van der Waals surface area (Å²) in [5.41, 5.74) is 1.08. The Kier molecular flexibility index (Phi) is 2.41. The first-order chi connectivity index (χ1) is 8.58. The smallest absolute Gasteiger partial charge is 0.236 e. The Balaban J connectivity index is 2.23. The van der Waals surface area contributed by atoms with Crippen molar-refractivity contribution in [2.75, 3.05) is 11.4 Å². The van der Waals surface area contributed by atoms with Crippen molar-refractivity contribution in [3.63, 3.8) is 0 Å². The second-order valence-corrected chi connectivity index (χ2v) is 5.56. The lowest BCUT2D eigenvalue weighted by Gasteiger charge is -2.14. The van der Waals surface area contributed by atoms with Crippen LogP contribution in [0.1, 0.15) is 16.9 Å². The van der Waals surface area contributed by atoms with E-state index in [1.54, 1.807) is 11.3 Å². The third kappa shape index (κ3) is 1.53. The first-order valence-electron chi connectivity index (χ1n) is 5.60. The maximum Gasteiger partial charge on any atom is 0.236 e. The minimum Gasteiger partial charge on any atom is -0.297 e. The van der Waals surface area contributed by atoms with E-state index in [4.69, 9.17) is 0 Å². The molecule has 0 saturated carbocycles. The van der Waals surface area contributed by atoms with Gasteiger partial charge in [0.2, 0.25) is 5.91 Å². The summed E-state index contributed by atoms with van der Waals surface area (Å²) in [4.78, 5) is 35.1. The molecule has 5 nitrogen and oxygen atoms in total. The van der Waals surface area contributed by atoms with E-state index in [0.717, 1.165) is 20.7 Å². The molecule has 0 N–H and O–H groups in total. The van der Waals surface area contributed by atoms with Crippen LogP contribution in [0.15, 0.2) is 6.33 Å². The van der Waals surface area contributed by atoms with Crippen LogP contribution in [0.4, 0.5) is 5.82 Å². The molecule has 0 spiro atoms. The highest BCUT2D eigenvalue weighted by Gasteiger charge is 2.31. The fourth-order valence-electron chi connectivity index (χ4n) is 2.15. The molecule has 0 aromatic carbocycles. The highest BCUT2D eigenvalue weighted by Crippen LogP contribution is 2.35. The number of carbonyl (C=O) groups is 2. The summed E-state index contributed by atoms with van der Waals surface area (Å²) in [6.45, 7) is 4.13. The second-order valence-electron chi connectivity index (χ2n) is 4.36. The number of thiophene rings is 1. The van der Waals surface area contributed by atoms with Gasteiger partial charge in [-0.25, -0.2) is 9.97 Å². The van der Waals surface area contributed by atoms with Crippen molar-refractivity contribution in [1.29, 1.82) is 0 Å². The van der Waals surface area contributed by atoms with Crippen molar-refractivity contribution in [2.45, 2.75) is 20.3 Å². The Morgan fingerprint density at radius 2 is 2.06 bits per heavy atom. The summed E-state index contributed by atoms with van der Waals surface area (Å²) in [7, 11) is 0. The minimum atomic E-state index is -0.178. The molecule has 2 aromatic heterocycles. The lowest BCUT2D eigenvalue weighted by atomic mass is 10.2. The van der Waals surface area contributed by atoms with Gasteiger partial charge in [-0.2, -0.15) is 0 Å². The zero-order valence-electron chi connectivity index (χ0n) is 10.1. The molecule has 3 rings (SSSR count). The van der Waals surface area contributed by atoms with Crippen molar-refractivity contribution in [1.82, 2.24) is 9.97 Å². The molecule has 1 fully saturated rings. The number of rotatable bonds is 1. The number of anilines is 1. The fraction of sp³-hybridized carbons (Fsp3) is 0.333. The highest BCUT2D eigenvalue weighted by atomic mass is 32.1. The van der Waals surface area contributed by atoms with Gasteiger partial charge in [-0.3, -0.25) is 14.5 Å². The quantitative estimate of drug-likeness (QED) is 0.732. The first-order valence-corrected chi connectivity index (χ1v) is 6.42. The molecule has 0 aliphatic carbocycles. The van der Waals surface area contributed by atoms with Crippen LogP contribution in [0.5, 0.6) is 0 Å². The lowest BCUT2D eigenvalue weighted by Crippen LogP contribution is -2.25. The van der Waals surface area contributed by atoms with Crippen LogP contribution in [0.3, 0.4) is 0 Å². The zero-order chi connectivity index (χ0) is 12.9. The van der Waals surface area contributed by atoms with Crippen LogP contribution >= 0.6 is 11.3 Å². The molecule has 92 valence electrons. The molecule has 1 amide bonds. The van der Waals surface area contributed by atoms with Gasteiger partial charge in [0, 0.05) is 4.88 Å². The first kappa shape index (κ1) is 11.3. The molecular formula is C12H11N3O2S.